The summed E-state index contributed by atoms with van der Waals surface area (Å²) in [7, 11) is 1.90. The van der Waals surface area contributed by atoms with Crippen molar-refractivity contribution in [3.63, 3.8) is 0 Å². The quantitative estimate of drug-likeness (QED) is 0.915. The summed E-state index contributed by atoms with van der Waals surface area (Å²) in [5, 5.41) is 8.85. The molecule has 1 atom stereocenters. The average Bonchev–Trinajstić information content (AvgIpc) is 2.61. The molecule has 1 heterocycles. The lowest BCUT2D eigenvalue weighted by molar-refractivity contribution is 0.756. The van der Waals surface area contributed by atoms with E-state index in [0.29, 0.717) is 10.0 Å². The average molecular weight is 284 g/mol. The van der Waals surface area contributed by atoms with Gasteiger partial charge in [0.05, 0.1) is 27.5 Å². The number of aryl methyl sites for hydroxylation is 2. The van der Waals surface area contributed by atoms with E-state index in [1.165, 1.54) is 0 Å². The molecule has 0 saturated heterocycles. The molecular formula is C13H15Cl2N3. The van der Waals surface area contributed by atoms with E-state index in [4.69, 9.17) is 23.2 Å². The predicted molar refractivity (Wildman–Crippen MR) is 76.4 cm³/mol. The summed E-state index contributed by atoms with van der Waals surface area (Å²) < 4.78 is 1.78. The van der Waals surface area contributed by atoms with Gasteiger partial charge in [-0.2, -0.15) is 5.10 Å². The third-order valence-corrected chi connectivity index (χ3v) is 3.67. The third kappa shape index (κ3) is 2.62. The van der Waals surface area contributed by atoms with Crippen molar-refractivity contribution in [2.75, 3.05) is 5.32 Å². The summed E-state index contributed by atoms with van der Waals surface area (Å²) in [5.41, 5.74) is 2.94. The fourth-order valence-electron chi connectivity index (χ4n) is 1.91. The normalized spacial score (nSPS) is 12.5. The fourth-order valence-corrected chi connectivity index (χ4v) is 2.38. The van der Waals surface area contributed by atoms with Crippen LogP contribution in [0.15, 0.2) is 24.4 Å². The van der Waals surface area contributed by atoms with Gasteiger partial charge >= 0.3 is 0 Å². The molecule has 1 aromatic carbocycles. The number of halogens is 2. The van der Waals surface area contributed by atoms with Crippen LogP contribution < -0.4 is 5.32 Å². The Balaban J connectivity index is 2.24. The van der Waals surface area contributed by atoms with Crippen molar-refractivity contribution in [3.05, 3.63) is 45.7 Å². The first kappa shape index (κ1) is 13.2. The molecule has 0 bridgehead atoms. The number of hydrogen-bond donors (Lipinski definition) is 1. The number of nitrogens with zero attached hydrogens (tertiary/aromatic N) is 2. The molecule has 3 nitrogen and oxygen atoms in total. The molecule has 1 N–H and O–H groups in total. The molecule has 18 heavy (non-hydrogen) atoms. The SMILES string of the molecule is Cc1nn(C)cc1NC(C)c1cccc(Cl)c1Cl. The predicted octanol–water partition coefficient (Wildman–Crippen LogP) is 4.21. The van der Waals surface area contributed by atoms with Crippen LogP contribution in [0.1, 0.15) is 24.2 Å². The summed E-state index contributed by atoms with van der Waals surface area (Å²) in [6.45, 7) is 4.01. The molecule has 0 radical (unpaired) electrons. The van der Waals surface area contributed by atoms with E-state index in [9.17, 15) is 0 Å². The van der Waals surface area contributed by atoms with Crippen LogP contribution in [0, 0.1) is 6.92 Å². The topological polar surface area (TPSA) is 29.9 Å². The molecule has 0 saturated carbocycles. The van der Waals surface area contributed by atoms with E-state index < -0.39 is 0 Å². The number of hydrogen-bond acceptors (Lipinski definition) is 2. The summed E-state index contributed by atoms with van der Waals surface area (Å²) in [6, 6.07) is 5.73. The molecule has 1 unspecified atom stereocenters. The van der Waals surface area contributed by atoms with Crippen molar-refractivity contribution in [3.8, 4) is 0 Å². The Labute approximate surface area is 117 Å². The lowest BCUT2D eigenvalue weighted by Crippen LogP contribution is -2.07. The molecule has 5 heteroatoms. The molecule has 0 fully saturated rings. The van der Waals surface area contributed by atoms with Crippen LogP contribution in [0.25, 0.3) is 0 Å². The lowest BCUT2D eigenvalue weighted by Gasteiger charge is -2.16. The minimum Gasteiger partial charge on any atom is -0.376 e. The summed E-state index contributed by atoms with van der Waals surface area (Å²) in [4.78, 5) is 0. The Morgan fingerprint density at radius 1 is 1.33 bits per heavy atom. The largest absolute Gasteiger partial charge is 0.376 e. The van der Waals surface area contributed by atoms with Crippen LogP contribution in [0.3, 0.4) is 0 Å². The van der Waals surface area contributed by atoms with E-state index in [1.807, 2.05) is 39.2 Å². The highest BCUT2D eigenvalue weighted by Crippen LogP contribution is 2.31. The maximum atomic E-state index is 6.21. The van der Waals surface area contributed by atoms with Crippen molar-refractivity contribution in [2.24, 2.45) is 7.05 Å². The lowest BCUT2D eigenvalue weighted by atomic mass is 10.1. The van der Waals surface area contributed by atoms with Crippen molar-refractivity contribution < 1.29 is 0 Å². The summed E-state index contributed by atoms with van der Waals surface area (Å²) >= 11 is 12.2. The van der Waals surface area contributed by atoms with Gasteiger partial charge in [0.1, 0.15) is 0 Å². The van der Waals surface area contributed by atoms with Crippen molar-refractivity contribution in [1.29, 1.82) is 0 Å². The molecule has 2 rings (SSSR count). The molecule has 1 aromatic heterocycles. The van der Waals surface area contributed by atoms with Gasteiger partial charge in [-0.3, -0.25) is 4.68 Å². The van der Waals surface area contributed by atoms with Crippen LogP contribution in [-0.4, -0.2) is 9.78 Å². The van der Waals surface area contributed by atoms with Gasteiger partial charge in [-0.1, -0.05) is 35.3 Å². The number of rotatable bonds is 3. The maximum Gasteiger partial charge on any atom is 0.0825 e. The van der Waals surface area contributed by atoms with Crippen molar-refractivity contribution >= 4 is 28.9 Å². The van der Waals surface area contributed by atoms with Gasteiger partial charge in [0.15, 0.2) is 0 Å². The highest BCUT2D eigenvalue weighted by Gasteiger charge is 2.13. The Morgan fingerprint density at radius 3 is 2.67 bits per heavy atom. The molecule has 0 aliphatic rings. The summed E-state index contributed by atoms with van der Waals surface area (Å²) in [5.74, 6) is 0. The molecule has 0 aliphatic carbocycles. The van der Waals surface area contributed by atoms with Crippen molar-refractivity contribution in [1.82, 2.24) is 9.78 Å². The Kier molecular flexibility index (Phi) is 3.83. The van der Waals surface area contributed by atoms with E-state index in [0.717, 1.165) is 16.9 Å². The van der Waals surface area contributed by atoms with E-state index >= 15 is 0 Å². The highest BCUT2D eigenvalue weighted by atomic mass is 35.5. The Morgan fingerprint density at radius 2 is 2.06 bits per heavy atom. The van der Waals surface area contributed by atoms with E-state index in [1.54, 1.807) is 10.7 Å². The monoisotopic (exact) mass is 283 g/mol. The first-order valence-electron chi connectivity index (χ1n) is 5.69. The van der Waals surface area contributed by atoms with E-state index in [-0.39, 0.29) is 6.04 Å². The number of benzene rings is 1. The molecule has 0 spiro atoms. The minimum atomic E-state index is 0.0686. The van der Waals surface area contributed by atoms with Gasteiger partial charge in [-0.15, -0.1) is 0 Å². The number of anilines is 1. The van der Waals surface area contributed by atoms with Gasteiger partial charge in [0.2, 0.25) is 0 Å². The minimum absolute atomic E-state index is 0.0686. The maximum absolute atomic E-state index is 6.21. The molecule has 96 valence electrons. The first-order chi connectivity index (χ1) is 8.49. The zero-order valence-electron chi connectivity index (χ0n) is 10.5. The van der Waals surface area contributed by atoms with Crippen LogP contribution in [0.2, 0.25) is 10.0 Å². The molecule has 2 aromatic rings. The second kappa shape index (κ2) is 5.21. The van der Waals surface area contributed by atoms with Gasteiger partial charge in [0.25, 0.3) is 0 Å². The number of aromatic nitrogens is 2. The van der Waals surface area contributed by atoms with Gasteiger partial charge in [0, 0.05) is 13.2 Å². The number of nitrogens with one attached hydrogen (secondary N) is 1. The second-order valence-corrected chi connectivity index (χ2v) is 5.10. The second-order valence-electron chi connectivity index (χ2n) is 4.31. The molecular weight excluding hydrogens is 269 g/mol. The first-order valence-corrected chi connectivity index (χ1v) is 6.45. The smallest absolute Gasteiger partial charge is 0.0825 e. The molecule has 0 aliphatic heterocycles. The zero-order valence-corrected chi connectivity index (χ0v) is 12.0. The fraction of sp³-hybridized carbons (Fsp3) is 0.308. The standard InChI is InChI=1S/C13H15Cl2N3/c1-8(10-5-4-6-11(14)13(10)15)16-12-7-18(3)17-9(12)2/h4-8,16H,1-3H3. The van der Waals surface area contributed by atoms with Gasteiger partial charge in [-0.05, 0) is 25.5 Å². The van der Waals surface area contributed by atoms with Gasteiger partial charge < -0.3 is 5.32 Å². The van der Waals surface area contributed by atoms with E-state index in [2.05, 4.69) is 10.4 Å². The van der Waals surface area contributed by atoms with Crippen LogP contribution in [-0.2, 0) is 7.05 Å². The highest BCUT2D eigenvalue weighted by molar-refractivity contribution is 6.42. The summed E-state index contributed by atoms with van der Waals surface area (Å²) in [6.07, 6.45) is 1.95. The Bertz CT molecular complexity index is 563. The molecule has 0 amide bonds. The van der Waals surface area contributed by atoms with Crippen LogP contribution in [0.5, 0.6) is 0 Å². The zero-order chi connectivity index (χ0) is 13.3. The van der Waals surface area contributed by atoms with Gasteiger partial charge in [-0.25, -0.2) is 0 Å². The Hall–Kier alpha value is -1.19. The van der Waals surface area contributed by atoms with Crippen molar-refractivity contribution in [2.45, 2.75) is 19.9 Å². The third-order valence-electron chi connectivity index (χ3n) is 2.83. The van der Waals surface area contributed by atoms with Crippen LogP contribution in [0.4, 0.5) is 5.69 Å². The van der Waals surface area contributed by atoms with Crippen LogP contribution >= 0.6 is 23.2 Å².